The summed E-state index contributed by atoms with van der Waals surface area (Å²) in [5, 5.41) is 16.2. The lowest BCUT2D eigenvalue weighted by Crippen LogP contribution is -2.29. The number of aromatic nitrogens is 4. The fourth-order valence-electron chi connectivity index (χ4n) is 1.93. The molecule has 0 aliphatic rings. The molecule has 6 nitrogen and oxygen atoms in total. The van der Waals surface area contributed by atoms with Crippen molar-refractivity contribution >= 4 is 11.6 Å². The summed E-state index contributed by atoms with van der Waals surface area (Å²) in [6.45, 7) is 0. The predicted molar refractivity (Wildman–Crippen MR) is 73.5 cm³/mol. The van der Waals surface area contributed by atoms with Crippen LogP contribution < -0.4 is 10.0 Å². The average Bonchev–Trinajstić information content (AvgIpc) is 2.95. The van der Waals surface area contributed by atoms with Gasteiger partial charge >= 0.3 is 6.18 Å². The van der Waals surface area contributed by atoms with Crippen LogP contribution in [0.25, 0.3) is 5.69 Å². The van der Waals surface area contributed by atoms with E-state index in [9.17, 15) is 18.4 Å². The molecule has 118 valence electrons. The molecule has 3 rings (SSSR count). The monoisotopic (exact) mass is 322 g/mol. The first-order valence-corrected chi connectivity index (χ1v) is 6.49. The SMILES string of the molecule is O[n+]1cccc(-n2cnc(Nc3cccc(C(F)(F)F)c3)n2)c1. The Kier molecular flexibility index (Phi) is 3.61. The van der Waals surface area contributed by atoms with Crippen molar-refractivity contribution in [1.82, 2.24) is 14.8 Å². The van der Waals surface area contributed by atoms with Crippen LogP contribution in [-0.2, 0) is 6.18 Å². The Morgan fingerprint density at radius 1 is 1.17 bits per heavy atom. The number of pyridine rings is 1. The van der Waals surface area contributed by atoms with Crippen LogP contribution in [0.1, 0.15) is 5.56 Å². The fourth-order valence-corrected chi connectivity index (χ4v) is 1.93. The Morgan fingerprint density at radius 2 is 2.00 bits per heavy atom. The molecule has 0 fully saturated rings. The summed E-state index contributed by atoms with van der Waals surface area (Å²) in [7, 11) is 0. The minimum Gasteiger partial charge on any atom is -0.323 e. The van der Waals surface area contributed by atoms with Gasteiger partial charge in [0, 0.05) is 16.5 Å². The molecule has 1 aromatic carbocycles. The van der Waals surface area contributed by atoms with Gasteiger partial charge in [0.15, 0.2) is 0 Å². The van der Waals surface area contributed by atoms with Crippen molar-refractivity contribution in [3.8, 4) is 5.69 Å². The third-order valence-corrected chi connectivity index (χ3v) is 2.97. The van der Waals surface area contributed by atoms with Gasteiger partial charge in [0.05, 0.1) is 5.56 Å². The zero-order chi connectivity index (χ0) is 16.4. The molecule has 3 aromatic rings. The van der Waals surface area contributed by atoms with Crippen molar-refractivity contribution in [2.24, 2.45) is 0 Å². The largest absolute Gasteiger partial charge is 0.416 e. The second-order valence-electron chi connectivity index (χ2n) is 4.66. The van der Waals surface area contributed by atoms with Gasteiger partial charge in [-0.15, -0.1) is 5.10 Å². The van der Waals surface area contributed by atoms with E-state index in [2.05, 4.69) is 15.4 Å². The molecule has 0 unspecified atom stereocenters. The van der Waals surface area contributed by atoms with Gasteiger partial charge in [0.1, 0.15) is 12.0 Å². The normalized spacial score (nSPS) is 11.4. The Balaban J connectivity index is 1.82. The van der Waals surface area contributed by atoms with E-state index in [1.807, 2.05) is 0 Å². The molecule has 23 heavy (non-hydrogen) atoms. The van der Waals surface area contributed by atoms with Gasteiger partial charge in [0.25, 0.3) is 0 Å². The third-order valence-electron chi connectivity index (χ3n) is 2.97. The van der Waals surface area contributed by atoms with Crippen LogP contribution in [0.3, 0.4) is 0 Å². The van der Waals surface area contributed by atoms with Crippen molar-refractivity contribution < 1.29 is 23.1 Å². The third kappa shape index (κ3) is 3.39. The van der Waals surface area contributed by atoms with E-state index in [4.69, 9.17) is 0 Å². The van der Waals surface area contributed by atoms with E-state index in [0.717, 1.165) is 16.9 Å². The lowest BCUT2D eigenvalue weighted by Gasteiger charge is -2.08. The van der Waals surface area contributed by atoms with Gasteiger partial charge in [-0.25, -0.2) is 4.68 Å². The maximum Gasteiger partial charge on any atom is 0.416 e. The molecule has 2 heterocycles. The highest BCUT2D eigenvalue weighted by atomic mass is 19.4. The van der Waals surface area contributed by atoms with Gasteiger partial charge < -0.3 is 5.32 Å². The van der Waals surface area contributed by atoms with Gasteiger partial charge in [-0.2, -0.15) is 18.2 Å². The highest BCUT2D eigenvalue weighted by molar-refractivity contribution is 5.54. The number of anilines is 2. The number of benzene rings is 1. The first-order chi connectivity index (χ1) is 10.9. The molecular formula is C14H11F3N5O+. The Labute approximate surface area is 128 Å². The number of nitrogens with one attached hydrogen (secondary N) is 1. The molecule has 0 saturated carbocycles. The van der Waals surface area contributed by atoms with E-state index in [0.29, 0.717) is 5.69 Å². The lowest BCUT2D eigenvalue weighted by atomic mass is 10.2. The van der Waals surface area contributed by atoms with E-state index >= 15 is 0 Å². The topological polar surface area (TPSA) is 66.8 Å². The molecule has 0 aliphatic carbocycles. The van der Waals surface area contributed by atoms with Crippen LogP contribution in [0.2, 0.25) is 0 Å². The number of rotatable bonds is 3. The number of alkyl halides is 3. The van der Waals surface area contributed by atoms with Crippen molar-refractivity contribution in [3.05, 3.63) is 60.7 Å². The summed E-state index contributed by atoms with van der Waals surface area (Å²) in [6, 6.07) is 8.05. The summed E-state index contributed by atoms with van der Waals surface area (Å²) >= 11 is 0. The quantitative estimate of drug-likeness (QED) is 0.574. The Bertz CT molecular complexity index is 831. The highest BCUT2D eigenvalue weighted by Gasteiger charge is 2.30. The first kappa shape index (κ1) is 14.8. The smallest absolute Gasteiger partial charge is 0.323 e. The maximum absolute atomic E-state index is 12.7. The fraction of sp³-hybridized carbons (Fsp3) is 0.0714. The summed E-state index contributed by atoms with van der Waals surface area (Å²) in [5.74, 6) is 0.137. The maximum atomic E-state index is 12.7. The van der Waals surface area contributed by atoms with Gasteiger partial charge in [-0.05, 0) is 24.3 Å². The summed E-state index contributed by atoms with van der Waals surface area (Å²) < 4.78 is 40.3. The van der Waals surface area contributed by atoms with Crippen LogP contribution in [-0.4, -0.2) is 20.0 Å². The van der Waals surface area contributed by atoms with Crippen LogP contribution in [0, 0.1) is 0 Å². The average molecular weight is 322 g/mol. The summed E-state index contributed by atoms with van der Waals surface area (Å²) in [6.07, 6.45) is -0.195. The van der Waals surface area contributed by atoms with E-state index in [-0.39, 0.29) is 11.6 Å². The molecule has 0 aliphatic heterocycles. The van der Waals surface area contributed by atoms with E-state index < -0.39 is 11.7 Å². The molecule has 2 N–H and O–H groups in total. The van der Waals surface area contributed by atoms with Crippen molar-refractivity contribution in [2.45, 2.75) is 6.18 Å². The molecule has 0 radical (unpaired) electrons. The second kappa shape index (κ2) is 5.59. The molecule has 0 saturated heterocycles. The first-order valence-electron chi connectivity index (χ1n) is 6.49. The van der Waals surface area contributed by atoms with E-state index in [1.165, 1.54) is 35.5 Å². The van der Waals surface area contributed by atoms with Gasteiger partial charge in [-0.1, -0.05) is 6.07 Å². The Hall–Kier alpha value is -3.10. The van der Waals surface area contributed by atoms with Crippen LogP contribution in [0.4, 0.5) is 24.8 Å². The summed E-state index contributed by atoms with van der Waals surface area (Å²) in [4.78, 5) is 3.98. The van der Waals surface area contributed by atoms with Crippen molar-refractivity contribution in [1.29, 1.82) is 0 Å². The van der Waals surface area contributed by atoms with Crippen LogP contribution >= 0.6 is 0 Å². The molecular weight excluding hydrogens is 311 g/mol. The molecule has 9 heteroatoms. The number of nitrogens with zero attached hydrogens (tertiary/aromatic N) is 4. The second-order valence-corrected chi connectivity index (χ2v) is 4.66. The predicted octanol–water partition coefficient (Wildman–Crippen LogP) is 2.55. The molecule has 2 aromatic heterocycles. The van der Waals surface area contributed by atoms with Crippen LogP contribution in [0.5, 0.6) is 0 Å². The minimum absolute atomic E-state index is 0.137. The van der Waals surface area contributed by atoms with Crippen molar-refractivity contribution in [2.75, 3.05) is 5.32 Å². The standard InChI is InChI=1S/C14H11F3N5O/c15-14(16,17)10-3-1-4-11(7-10)19-13-18-9-22(20-13)12-5-2-6-21(23)8-12/h1-9,23H,(H,19,20)/q+1. The zero-order valence-electron chi connectivity index (χ0n) is 11.6. The molecule has 0 atom stereocenters. The highest BCUT2D eigenvalue weighted by Crippen LogP contribution is 2.31. The molecule has 0 spiro atoms. The summed E-state index contributed by atoms with van der Waals surface area (Å²) in [5.41, 5.74) is 0.00812. The zero-order valence-corrected chi connectivity index (χ0v) is 11.6. The van der Waals surface area contributed by atoms with Gasteiger partial charge in [0.2, 0.25) is 18.3 Å². The number of hydrogen-bond donors (Lipinski definition) is 2. The number of hydrogen-bond acceptors (Lipinski definition) is 4. The molecule has 0 amide bonds. The lowest BCUT2D eigenvalue weighted by molar-refractivity contribution is -0.904. The molecule has 0 bridgehead atoms. The van der Waals surface area contributed by atoms with E-state index in [1.54, 1.807) is 12.1 Å². The Morgan fingerprint density at radius 3 is 2.74 bits per heavy atom. The number of halogens is 3. The van der Waals surface area contributed by atoms with Crippen molar-refractivity contribution in [3.63, 3.8) is 0 Å². The van der Waals surface area contributed by atoms with Crippen LogP contribution in [0.15, 0.2) is 55.1 Å². The van der Waals surface area contributed by atoms with Gasteiger partial charge in [-0.3, -0.25) is 5.21 Å². The minimum atomic E-state index is -4.41.